The van der Waals surface area contributed by atoms with Gasteiger partial charge in [0.15, 0.2) is 0 Å². The molecule has 1 unspecified atom stereocenters. The van der Waals surface area contributed by atoms with E-state index in [1.165, 1.54) is 0 Å². The summed E-state index contributed by atoms with van der Waals surface area (Å²) in [5.74, 6) is 0.297. The molecule has 2 aromatic heterocycles. The fourth-order valence-electron chi connectivity index (χ4n) is 2.39. The molecule has 2 heterocycles. The van der Waals surface area contributed by atoms with E-state index in [4.69, 9.17) is 17.3 Å². The van der Waals surface area contributed by atoms with Crippen LogP contribution in [0.1, 0.15) is 36.6 Å². The number of aryl methyl sites for hydroxylation is 2. The second-order valence-electron chi connectivity index (χ2n) is 5.91. The van der Waals surface area contributed by atoms with E-state index in [0.717, 1.165) is 11.3 Å². The van der Waals surface area contributed by atoms with Crippen LogP contribution in [-0.4, -0.2) is 25.8 Å². The lowest BCUT2D eigenvalue weighted by atomic mass is 10.1. The Kier molecular flexibility index (Phi) is 5.76. The Labute approximate surface area is 148 Å². The van der Waals surface area contributed by atoms with Crippen molar-refractivity contribution in [3.63, 3.8) is 0 Å². The van der Waals surface area contributed by atoms with Gasteiger partial charge in [-0.15, -0.1) is 0 Å². The Balaban J connectivity index is 1.97. The largest absolute Gasteiger partial charge is 0.421 e. The molecule has 138 valence electrons. The number of nitrogens with one attached hydrogen (secondary N) is 1. The molecule has 6 nitrogen and oxygen atoms in total. The number of rotatable bonds is 6. The number of hydrogen-bond acceptors (Lipinski definition) is 5. The van der Waals surface area contributed by atoms with Gasteiger partial charge in [-0.05, 0) is 45.2 Å². The molecular weight excluding hydrogens is 357 g/mol. The first kappa shape index (κ1) is 19.3. The molecule has 2 aromatic rings. The molecule has 0 saturated carbocycles. The minimum atomic E-state index is -4.55. The third kappa shape index (κ3) is 4.75. The van der Waals surface area contributed by atoms with Crippen molar-refractivity contribution < 1.29 is 13.2 Å². The monoisotopic (exact) mass is 376 g/mol. The van der Waals surface area contributed by atoms with Crippen LogP contribution in [-0.2, 0) is 12.7 Å². The molecule has 10 heteroatoms. The van der Waals surface area contributed by atoms with Crippen molar-refractivity contribution in [1.29, 1.82) is 0 Å². The number of aromatic nitrogens is 4. The number of nitrogen functional groups attached to an aromatic ring is 1. The number of anilines is 2. The number of alkyl halides is 3. The van der Waals surface area contributed by atoms with E-state index < -0.39 is 11.7 Å². The zero-order valence-electron chi connectivity index (χ0n) is 14.2. The smallest absolute Gasteiger partial charge is 0.384 e. The molecule has 0 fully saturated rings. The van der Waals surface area contributed by atoms with Crippen LogP contribution in [0.2, 0.25) is 5.28 Å². The molecule has 0 aliphatic carbocycles. The van der Waals surface area contributed by atoms with E-state index >= 15 is 0 Å². The van der Waals surface area contributed by atoms with Gasteiger partial charge in [0.1, 0.15) is 17.2 Å². The van der Waals surface area contributed by atoms with Gasteiger partial charge in [0.2, 0.25) is 5.28 Å². The van der Waals surface area contributed by atoms with E-state index in [1.807, 2.05) is 13.8 Å². The summed E-state index contributed by atoms with van der Waals surface area (Å²) in [4.78, 5) is 7.06. The number of halogens is 4. The van der Waals surface area contributed by atoms with Crippen LogP contribution in [0.15, 0.2) is 6.20 Å². The molecule has 3 N–H and O–H groups in total. The third-order valence-corrected chi connectivity index (χ3v) is 4.11. The minimum absolute atomic E-state index is 0.238. The molecule has 2 rings (SSSR count). The Morgan fingerprint density at radius 1 is 1.36 bits per heavy atom. The highest BCUT2D eigenvalue weighted by molar-refractivity contribution is 6.28. The topological polar surface area (TPSA) is 81.7 Å². The quantitative estimate of drug-likeness (QED) is 0.749. The van der Waals surface area contributed by atoms with Gasteiger partial charge in [-0.1, -0.05) is 0 Å². The van der Waals surface area contributed by atoms with Gasteiger partial charge in [0, 0.05) is 24.3 Å². The zero-order valence-corrected chi connectivity index (χ0v) is 14.9. The van der Waals surface area contributed by atoms with Gasteiger partial charge in [0.25, 0.3) is 0 Å². The van der Waals surface area contributed by atoms with E-state index in [-0.39, 0.29) is 17.1 Å². The lowest BCUT2D eigenvalue weighted by molar-refractivity contribution is -0.137. The molecule has 0 radical (unpaired) electrons. The van der Waals surface area contributed by atoms with Crippen molar-refractivity contribution in [2.45, 2.75) is 52.4 Å². The Morgan fingerprint density at radius 3 is 2.60 bits per heavy atom. The number of nitrogens with zero attached hydrogens (tertiary/aromatic N) is 4. The van der Waals surface area contributed by atoms with Crippen LogP contribution in [0.4, 0.5) is 24.8 Å². The summed E-state index contributed by atoms with van der Waals surface area (Å²) in [6.45, 7) is 6.14. The normalized spacial score (nSPS) is 13.1. The van der Waals surface area contributed by atoms with E-state index in [9.17, 15) is 13.2 Å². The second-order valence-corrected chi connectivity index (χ2v) is 6.24. The molecule has 25 heavy (non-hydrogen) atoms. The molecule has 0 saturated heterocycles. The summed E-state index contributed by atoms with van der Waals surface area (Å²) in [6.07, 6.45) is -2.57. The number of nitrogens with two attached hydrogens (primary N) is 1. The first-order chi connectivity index (χ1) is 11.6. The van der Waals surface area contributed by atoms with Crippen LogP contribution < -0.4 is 11.1 Å². The van der Waals surface area contributed by atoms with Crippen molar-refractivity contribution in [3.05, 3.63) is 28.3 Å². The summed E-state index contributed by atoms with van der Waals surface area (Å²) in [5, 5.41) is 6.85. The first-order valence-electron chi connectivity index (χ1n) is 7.75. The predicted octanol–water partition coefficient (Wildman–Crippen LogP) is 3.83. The SMILES string of the molecule is Cc1nn(CCCC(C)Nc2nc(Cl)ncc2C(F)(F)F)c(N)c1C. The third-order valence-electron chi connectivity index (χ3n) is 3.93. The van der Waals surface area contributed by atoms with Crippen molar-refractivity contribution >= 4 is 23.2 Å². The summed E-state index contributed by atoms with van der Waals surface area (Å²) in [7, 11) is 0. The zero-order chi connectivity index (χ0) is 18.8. The van der Waals surface area contributed by atoms with Crippen molar-refractivity contribution in [1.82, 2.24) is 19.7 Å². The molecule has 0 spiro atoms. The lowest BCUT2D eigenvalue weighted by Gasteiger charge is -2.18. The van der Waals surface area contributed by atoms with E-state index in [0.29, 0.717) is 31.4 Å². The maximum Gasteiger partial charge on any atom is 0.421 e. The van der Waals surface area contributed by atoms with Crippen molar-refractivity contribution in [3.8, 4) is 0 Å². The lowest BCUT2D eigenvalue weighted by Crippen LogP contribution is -2.21. The average Bonchev–Trinajstić information content (AvgIpc) is 2.73. The highest BCUT2D eigenvalue weighted by Crippen LogP contribution is 2.34. The summed E-state index contributed by atoms with van der Waals surface area (Å²) in [6, 6.07) is -0.244. The fourth-order valence-corrected chi connectivity index (χ4v) is 2.52. The average molecular weight is 377 g/mol. The fraction of sp³-hybridized carbons (Fsp3) is 0.533. The molecule has 0 aliphatic heterocycles. The minimum Gasteiger partial charge on any atom is -0.384 e. The van der Waals surface area contributed by atoms with Crippen molar-refractivity contribution in [2.24, 2.45) is 0 Å². The second kappa shape index (κ2) is 7.47. The molecule has 0 amide bonds. The first-order valence-corrected chi connectivity index (χ1v) is 8.13. The van der Waals surface area contributed by atoms with E-state index in [1.54, 1.807) is 11.6 Å². The predicted molar refractivity (Wildman–Crippen MR) is 90.5 cm³/mol. The molecule has 0 aliphatic rings. The van der Waals surface area contributed by atoms with Gasteiger partial charge < -0.3 is 11.1 Å². The summed E-state index contributed by atoms with van der Waals surface area (Å²) < 4.78 is 40.7. The maximum atomic E-state index is 13.0. The molecule has 0 aromatic carbocycles. The highest BCUT2D eigenvalue weighted by Gasteiger charge is 2.35. The molecule has 0 bridgehead atoms. The summed E-state index contributed by atoms with van der Waals surface area (Å²) >= 11 is 5.61. The van der Waals surface area contributed by atoms with Gasteiger partial charge in [-0.25, -0.2) is 14.6 Å². The van der Waals surface area contributed by atoms with Crippen LogP contribution in [0, 0.1) is 13.8 Å². The van der Waals surface area contributed by atoms with Gasteiger partial charge in [-0.2, -0.15) is 18.3 Å². The van der Waals surface area contributed by atoms with Crippen molar-refractivity contribution in [2.75, 3.05) is 11.1 Å². The Morgan fingerprint density at radius 2 is 2.04 bits per heavy atom. The highest BCUT2D eigenvalue weighted by atomic mass is 35.5. The van der Waals surface area contributed by atoms with Crippen LogP contribution >= 0.6 is 11.6 Å². The molecule has 1 atom stereocenters. The maximum absolute atomic E-state index is 13.0. The van der Waals surface area contributed by atoms with Crippen LogP contribution in [0.5, 0.6) is 0 Å². The summed E-state index contributed by atoms with van der Waals surface area (Å²) in [5.41, 5.74) is 6.83. The van der Waals surface area contributed by atoms with Gasteiger partial charge in [0.05, 0.1) is 5.69 Å². The van der Waals surface area contributed by atoms with Crippen LogP contribution in [0.25, 0.3) is 0 Å². The standard InChI is InChI=1S/C15H20ClF3N6/c1-8(5-4-6-25-12(20)9(2)10(3)24-25)22-13-11(15(17,18)19)7-21-14(16)23-13/h7-8H,4-6,20H2,1-3H3,(H,21,22,23). The number of hydrogen-bond donors (Lipinski definition) is 2. The molecular formula is C15H20ClF3N6. The van der Waals surface area contributed by atoms with Gasteiger partial charge >= 0.3 is 6.18 Å². The van der Waals surface area contributed by atoms with Crippen LogP contribution in [0.3, 0.4) is 0 Å². The Bertz CT molecular complexity index is 744. The van der Waals surface area contributed by atoms with Gasteiger partial charge in [-0.3, -0.25) is 0 Å². The van der Waals surface area contributed by atoms with E-state index in [2.05, 4.69) is 20.4 Å². The Hall–Kier alpha value is -2.03.